The molecular weight excluding hydrogens is 232 g/mol. The van der Waals surface area contributed by atoms with E-state index in [-0.39, 0.29) is 0 Å². The van der Waals surface area contributed by atoms with Gasteiger partial charge in [-0.25, -0.2) is 0 Å². The minimum atomic E-state index is -1.04. The summed E-state index contributed by atoms with van der Waals surface area (Å²) in [5.74, 6) is -1.04. The highest BCUT2D eigenvalue weighted by atomic mass is 35.5. The maximum atomic E-state index is 10.9. The first kappa shape index (κ1) is 14.7. The summed E-state index contributed by atoms with van der Waals surface area (Å²) < 4.78 is 9.72. The van der Waals surface area contributed by atoms with Crippen molar-refractivity contribution in [2.75, 3.05) is 0 Å². The number of carbonyl (C=O) groups excluding carboxylic acids is 2. The van der Waals surface area contributed by atoms with Crippen LogP contribution in [-0.4, -0.2) is 23.6 Å². The molecule has 0 saturated carbocycles. The molecule has 2 atom stereocenters. The van der Waals surface area contributed by atoms with Crippen LogP contribution < -0.4 is 0 Å². The second kappa shape index (κ2) is 7.06. The lowest BCUT2D eigenvalue weighted by Gasteiger charge is -2.22. The van der Waals surface area contributed by atoms with Gasteiger partial charge in [0, 0.05) is 13.8 Å². The topological polar surface area (TPSA) is 52.6 Å². The zero-order valence-electron chi connectivity index (χ0n) is 9.53. The van der Waals surface area contributed by atoms with Crippen molar-refractivity contribution in [1.29, 1.82) is 0 Å². The summed E-state index contributed by atoms with van der Waals surface area (Å²) in [6.45, 7) is 7.70. The molecule has 0 rings (SSSR count). The highest BCUT2D eigenvalue weighted by molar-refractivity contribution is 6.20. The van der Waals surface area contributed by atoms with E-state index in [0.717, 1.165) is 0 Å². The molecule has 0 aromatic carbocycles. The number of allylic oxidation sites excluding steroid dienone is 2. The number of esters is 2. The minimum absolute atomic E-state index is 0.500. The number of hydrogen-bond acceptors (Lipinski definition) is 4. The number of ether oxygens (including phenoxy) is 2. The van der Waals surface area contributed by atoms with E-state index < -0.39 is 23.6 Å². The van der Waals surface area contributed by atoms with Crippen molar-refractivity contribution in [1.82, 2.24) is 0 Å². The molecular formula is C11H15ClO4. The van der Waals surface area contributed by atoms with Crippen LogP contribution in [0.3, 0.4) is 0 Å². The molecule has 0 fully saturated rings. The Balaban J connectivity index is 4.77. The van der Waals surface area contributed by atoms with Crippen LogP contribution in [-0.2, 0) is 19.1 Å². The Morgan fingerprint density at radius 1 is 1.19 bits per heavy atom. The van der Waals surface area contributed by atoms with Gasteiger partial charge in [-0.15, -0.1) is 0 Å². The summed E-state index contributed by atoms with van der Waals surface area (Å²) in [7, 11) is 0. The summed E-state index contributed by atoms with van der Waals surface area (Å²) in [5.41, 5.74) is -0.399. The standard InChI is InChI=1S/C11H15ClO4/c1-5-6-7(2)10(15-8(3)13)11(12)16-9(4)14/h5-6,10-11H,1H2,2-4H3. The van der Waals surface area contributed by atoms with Crippen LogP contribution in [0.25, 0.3) is 0 Å². The highest BCUT2D eigenvalue weighted by Crippen LogP contribution is 2.17. The van der Waals surface area contributed by atoms with E-state index in [0.29, 0.717) is 5.57 Å². The van der Waals surface area contributed by atoms with E-state index in [9.17, 15) is 9.59 Å². The van der Waals surface area contributed by atoms with Crippen molar-refractivity contribution in [2.24, 2.45) is 0 Å². The van der Waals surface area contributed by atoms with Crippen LogP contribution in [0.1, 0.15) is 20.8 Å². The molecule has 0 spiro atoms. The first-order valence-corrected chi connectivity index (χ1v) is 5.09. The SMILES string of the molecule is C=CC=C(C)C(OC(C)=O)C(Cl)OC(C)=O. The fourth-order valence-electron chi connectivity index (χ4n) is 1.03. The Hall–Kier alpha value is -1.29. The second-order valence-corrected chi connectivity index (χ2v) is 3.57. The average Bonchev–Trinajstić information content (AvgIpc) is 2.12. The molecule has 0 heterocycles. The molecule has 0 aliphatic rings. The molecule has 0 saturated heterocycles. The summed E-state index contributed by atoms with van der Waals surface area (Å²) in [6.07, 6.45) is 2.36. The van der Waals surface area contributed by atoms with Gasteiger partial charge in [-0.1, -0.05) is 30.3 Å². The van der Waals surface area contributed by atoms with Crippen LogP contribution in [0.4, 0.5) is 0 Å². The Bertz CT molecular complexity index is 309. The summed E-state index contributed by atoms with van der Waals surface area (Å²) in [6, 6.07) is 0. The zero-order chi connectivity index (χ0) is 12.7. The smallest absolute Gasteiger partial charge is 0.304 e. The van der Waals surface area contributed by atoms with E-state index in [4.69, 9.17) is 21.1 Å². The first-order valence-electron chi connectivity index (χ1n) is 4.66. The molecule has 90 valence electrons. The number of rotatable bonds is 5. The van der Waals surface area contributed by atoms with Crippen molar-refractivity contribution in [3.8, 4) is 0 Å². The molecule has 0 aromatic heterocycles. The fraction of sp³-hybridized carbons (Fsp3) is 0.455. The van der Waals surface area contributed by atoms with Gasteiger partial charge >= 0.3 is 11.9 Å². The van der Waals surface area contributed by atoms with Gasteiger partial charge in [-0.3, -0.25) is 9.59 Å². The third-order valence-corrected chi connectivity index (χ3v) is 1.96. The lowest BCUT2D eigenvalue weighted by Crippen LogP contribution is -2.31. The van der Waals surface area contributed by atoms with E-state index in [2.05, 4.69) is 6.58 Å². The molecule has 16 heavy (non-hydrogen) atoms. The molecule has 5 heteroatoms. The maximum absolute atomic E-state index is 10.9. The lowest BCUT2D eigenvalue weighted by atomic mass is 10.1. The van der Waals surface area contributed by atoms with E-state index in [1.165, 1.54) is 19.9 Å². The van der Waals surface area contributed by atoms with Crippen molar-refractivity contribution in [3.63, 3.8) is 0 Å². The van der Waals surface area contributed by atoms with Gasteiger partial charge in [-0.05, 0) is 12.5 Å². The van der Waals surface area contributed by atoms with Gasteiger partial charge < -0.3 is 9.47 Å². The predicted molar refractivity (Wildman–Crippen MR) is 60.9 cm³/mol. The Labute approximate surface area is 99.9 Å². The van der Waals surface area contributed by atoms with E-state index in [1.807, 2.05) is 0 Å². The summed E-state index contributed by atoms with van der Waals surface area (Å²) >= 11 is 5.82. The van der Waals surface area contributed by atoms with Crippen molar-refractivity contribution >= 4 is 23.5 Å². The van der Waals surface area contributed by atoms with Gasteiger partial charge in [-0.2, -0.15) is 0 Å². The Morgan fingerprint density at radius 3 is 2.06 bits per heavy atom. The average molecular weight is 247 g/mol. The second-order valence-electron chi connectivity index (χ2n) is 3.14. The summed E-state index contributed by atoms with van der Waals surface area (Å²) in [4.78, 5) is 21.6. The van der Waals surface area contributed by atoms with Crippen LogP contribution in [0, 0.1) is 0 Å². The minimum Gasteiger partial charge on any atom is -0.453 e. The lowest BCUT2D eigenvalue weighted by molar-refractivity contribution is -0.156. The molecule has 4 nitrogen and oxygen atoms in total. The number of carbonyl (C=O) groups is 2. The number of hydrogen-bond donors (Lipinski definition) is 0. The van der Waals surface area contributed by atoms with Crippen LogP contribution in [0.15, 0.2) is 24.3 Å². The number of halogens is 1. The maximum Gasteiger partial charge on any atom is 0.304 e. The normalized spacial score (nSPS) is 14.9. The van der Waals surface area contributed by atoms with Crippen molar-refractivity contribution < 1.29 is 19.1 Å². The Kier molecular flexibility index (Phi) is 6.49. The number of alkyl halides is 1. The van der Waals surface area contributed by atoms with E-state index >= 15 is 0 Å². The van der Waals surface area contributed by atoms with Crippen LogP contribution in [0.2, 0.25) is 0 Å². The fourth-order valence-corrected chi connectivity index (χ4v) is 1.41. The predicted octanol–water partition coefficient (Wildman–Crippen LogP) is 2.18. The van der Waals surface area contributed by atoms with Gasteiger partial charge in [0.2, 0.25) is 5.56 Å². The molecule has 0 aromatic rings. The van der Waals surface area contributed by atoms with Crippen molar-refractivity contribution in [2.45, 2.75) is 32.4 Å². The molecule has 0 radical (unpaired) electrons. The molecule has 2 unspecified atom stereocenters. The monoisotopic (exact) mass is 246 g/mol. The molecule has 0 aliphatic heterocycles. The molecule has 0 aliphatic carbocycles. The third-order valence-electron chi connectivity index (χ3n) is 1.64. The van der Waals surface area contributed by atoms with Crippen LogP contribution >= 0.6 is 11.6 Å². The molecule has 0 bridgehead atoms. The van der Waals surface area contributed by atoms with Gasteiger partial charge in [0.1, 0.15) is 0 Å². The highest BCUT2D eigenvalue weighted by Gasteiger charge is 2.26. The third kappa shape index (κ3) is 5.56. The largest absolute Gasteiger partial charge is 0.453 e. The quantitative estimate of drug-likeness (QED) is 0.424. The molecule has 0 amide bonds. The van der Waals surface area contributed by atoms with Crippen molar-refractivity contribution in [3.05, 3.63) is 24.3 Å². The molecule has 0 N–H and O–H groups in total. The Morgan fingerprint density at radius 2 is 1.69 bits per heavy atom. The van der Waals surface area contributed by atoms with Gasteiger partial charge in [0.15, 0.2) is 6.10 Å². The summed E-state index contributed by atoms with van der Waals surface area (Å²) in [5, 5.41) is 0. The first-order chi connectivity index (χ1) is 7.38. The zero-order valence-corrected chi connectivity index (χ0v) is 10.3. The van der Waals surface area contributed by atoms with E-state index in [1.54, 1.807) is 13.0 Å². The van der Waals surface area contributed by atoms with Gasteiger partial charge in [0.05, 0.1) is 0 Å². The van der Waals surface area contributed by atoms with Gasteiger partial charge in [0.25, 0.3) is 0 Å². The van der Waals surface area contributed by atoms with Crippen LogP contribution in [0.5, 0.6) is 0 Å².